The highest BCUT2D eigenvalue weighted by atomic mass is 32.2. The quantitative estimate of drug-likeness (QED) is 0.472. The number of aryl methyl sites for hydroxylation is 1. The van der Waals surface area contributed by atoms with Crippen LogP contribution >= 0.6 is 0 Å². The van der Waals surface area contributed by atoms with Crippen LogP contribution in [0.15, 0.2) is 48.9 Å². The minimum atomic E-state index is -3.14. The number of hydrogen-bond acceptors (Lipinski definition) is 7. The molecule has 35 heavy (non-hydrogen) atoms. The summed E-state index contributed by atoms with van der Waals surface area (Å²) in [5.41, 5.74) is 3.50. The van der Waals surface area contributed by atoms with Crippen LogP contribution in [0.1, 0.15) is 44.2 Å². The minimum absolute atomic E-state index is 0.0721. The zero-order valence-corrected chi connectivity index (χ0v) is 20.9. The van der Waals surface area contributed by atoms with E-state index in [2.05, 4.69) is 21.5 Å². The number of nitriles is 1. The molecule has 9 nitrogen and oxygen atoms in total. The Kier molecular flexibility index (Phi) is 7.78. The van der Waals surface area contributed by atoms with Gasteiger partial charge in [0.2, 0.25) is 16.0 Å². The molecule has 2 aromatic heterocycles. The molecule has 1 atom stereocenters. The number of sulfonamides is 1. The number of hydrogen-bond donors (Lipinski definition) is 1. The first-order valence-corrected chi connectivity index (χ1v) is 13.6. The van der Waals surface area contributed by atoms with E-state index < -0.39 is 10.0 Å². The molecule has 1 aromatic carbocycles. The third kappa shape index (κ3) is 6.05. The fourth-order valence-corrected chi connectivity index (χ4v) is 5.62. The minimum Gasteiger partial charge on any atom is -0.324 e. The third-order valence-corrected chi connectivity index (χ3v) is 8.40. The molecule has 0 saturated carbocycles. The second-order valence-electron chi connectivity index (χ2n) is 8.92. The van der Waals surface area contributed by atoms with E-state index in [1.165, 1.54) is 0 Å². The SMILES string of the molecule is CCS(=O)(=O)N1CCC(CC(CC#N)n2cc(-c3nc(Nc4ccccc4)ncc3C)cn2)CC1. The first-order valence-electron chi connectivity index (χ1n) is 11.9. The van der Waals surface area contributed by atoms with E-state index in [0.717, 1.165) is 41.8 Å². The summed E-state index contributed by atoms with van der Waals surface area (Å²) in [7, 11) is -3.14. The summed E-state index contributed by atoms with van der Waals surface area (Å²) in [4.78, 5) is 9.11. The predicted molar refractivity (Wildman–Crippen MR) is 135 cm³/mol. The zero-order chi connectivity index (χ0) is 24.8. The van der Waals surface area contributed by atoms with Gasteiger partial charge in [0.25, 0.3) is 0 Å². The summed E-state index contributed by atoms with van der Waals surface area (Å²) < 4.78 is 27.8. The third-order valence-electron chi connectivity index (χ3n) is 6.51. The lowest BCUT2D eigenvalue weighted by molar-refractivity contribution is 0.233. The lowest BCUT2D eigenvalue weighted by atomic mass is 9.90. The van der Waals surface area contributed by atoms with Crippen molar-refractivity contribution < 1.29 is 8.42 Å². The molecule has 1 fully saturated rings. The van der Waals surface area contributed by atoms with Crippen LogP contribution in [0.5, 0.6) is 0 Å². The second-order valence-corrected chi connectivity index (χ2v) is 11.2. The number of nitrogens with one attached hydrogen (secondary N) is 1. The molecule has 1 N–H and O–H groups in total. The zero-order valence-electron chi connectivity index (χ0n) is 20.1. The van der Waals surface area contributed by atoms with E-state index in [9.17, 15) is 13.7 Å². The van der Waals surface area contributed by atoms with E-state index in [1.54, 1.807) is 23.6 Å². The van der Waals surface area contributed by atoms with Gasteiger partial charge in [-0.1, -0.05) is 18.2 Å². The Morgan fingerprint density at radius 2 is 1.94 bits per heavy atom. The van der Waals surface area contributed by atoms with Gasteiger partial charge in [0.05, 0.1) is 36.2 Å². The molecule has 1 aliphatic heterocycles. The van der Waals surface area contributed by atoms with Gasteiger partial charge >= 0.3 is 0 Å². The van der Waals surface area contributed by atoms with Gasteiger partial charge < -0.3 is 5.32 Å². The first-order chi connectivity index (χ1) is 16.9. The smallest absolute Gasteiger partial charge is 0.227 e. The van der Waals surface area contributed by atoms with Crippen LogP contribution in [-0.2, 0) is 10.0 Å². The molecule has 0 radical (unpaired) electrons. The summed E-state index contributed by atoms with van der Waals surface area (Å²) in [6.07, 6.45) is 8.25. The van der Waals surface area contributed by atoms with Gasteiger partial charge in [0.1, 0.15) is 0 Å². The average molecular weight is 494 g/mol. The standard InChI is InChI=1S/C25H31N7O2S/c1-3-35(33,34)31-13-10-20(11-14-31)15-23(9-12-26)32-18-21(17-28-32)24-19(2)16-27-25(30-24)29-22-7-5-4-6-8-22/h4-8,16-18,20,23H,3,9-11,13-15H2,1-2H3,(H,27,29,30). The van der Waals surface area contributed by atoms with Crippen molar-refractivity contribution in [1.82, 2.24) is 24.1 Å². The molecule has 0 bridgehead atoms. The Bertz CT molecular complexity index is 1280. The van der Waals surface area contributed by atoms with Crippen molar-refractivity contribution in [2.45, 2.75) is 45.6 Å². The van der Waals surface area contributed by atoms with Crippen molar-refractivity contribution >= 4 is 21.7 Å². The number of benzene rings is 1. The predicted octanol–water partition coefficient (Wildman–Crippen LogP) is 4.30. The van der Waals surface area contributed by atoms with Crippen molar-refractivity contribution in [2.24, 2.45) is 5.92 Å². The van der Waals surface area contributed by atoms with E-state index in [4.69, 9.17) is 4.98 Å². The van der Waals surface area contributed by atoms with Crippen molar-refractivity contribution in [3.8, 4) is 17.3 Å². The number of rotatable bonds is 9. The van der Waals surface area contributed by atoms with Crippen molar-refractivity contribution in [1.29, 1.82) is 5.26 Å². The summed E-state index contributed by atoms with van der Waals surface area (Å²) >= 11 is 0. The molecule has 184 valence electrons. The fraction of sp³-hybridized carbons (Fsp3) is 0.440. The van der Waals surface area contributed by atoms with Gasteiger partial charge in [0, 0.05) is 36.7 Å². The van der Waals surface area contributed by atoms with E-state index in [-0.39, 0.29) is 11.8 Å². The molecule has 0 amide bonds. The van der Waals surface area contributed by atoms with Gasteiger partial charge in [0.15, 0.2) is 0 Å². The topological polar surface area (TPSA) is 117 Å². The summed E-state index contributed by atoms with van der Waals surface area (Å²) in [5.74, 6) is 0.995. The molecule has 0 spiro atoms. The molecular weight excluding hydrogens is 462 g/mol. The number of nitrogens with zero attached hydrogens (tertiary/aromatic N) is 6. The highest BCUT2D eigenvalue weighted by Crippen LogP contribution is 2.31. The molecule has 1 unspecified atom stereocenters. The summed E-state index contributed by atoms with van der Waals surface area (Å²) in [5, 5.41) is 17.2. The summed E-state index contributed by atoms with van der Waals surface area (Å²) in [6.45, 7) is 4.73. The number of piperidine rings is 1. The number of aromatic nitrogens is 4. The Balaban J connectivity index is 1.47. The van der Waals surface area contributed by atoms with Crippen LogP contribution in [0.25, 0.3) is 11.3 Å². The van der Waals surface area contributed by atoms with Gasteiger partial charge in [-0.25, -0.2) is 22.7 Å². The van der Waals surface area contributed by atoms with E-state index >= 15 is 0 Å². The molecular formula is C25H31N7O2S. The maximum absolute atomic E-state index is 12.2. The highest BCUT2D eigenvalue weighted by molar-refractivity contribution is 7.89. The second kappa shape index (κ2) is 11.0. The van der Waals surface area contributed by atoms with E-state index in [1.807, 2.05) is 48.1 Å². The molecule has 1 saturated heterocycles. The Hall–Kier alpha value is -3.29. The van der Waals surface area contributed by atoms with Crippen molar-refractivity contribution in [3.05, 3.63) is 54.5 Å². The average Bonchev–Trinajstić information content (AvgIpc) is 3.36. The number of para-hydroxylation sites is 1. The molecule has 0 aliphatic carbocycles. The van der Waals surface area contributed by atoms with Crippen LogP contribution in [-0.4, -0.2) is 51.3 Å². The largest absolute Gasteiger partial charge is 0.324 e. The first kappa shape index (κ1) is 24.8. The number of anilines is 2. The van der Waals surface area contributed by atoms with E-state index in [0.29, 0.717) is 31.4 Å². The van der Waals surface area contributed by atoms with Crippen LogP contribution < -0.4 is 5.32 Å². The monoisotopic (exact) mass is 493 g/mol. The summed E-state index contributed by atoms with van der Waals surface area (Å²) in [6, 6.07) is 12.0. The lowest BCUT2D eigenvalue weighted by Gasteiger charge is -2.32. The van der Waals surface area contributed by atoms with Crippen LogP contribution in [0.3, 0.4) is 0 Å². The highest BCUT2D eigenvalue weighted by Gasteiger charge is 2.29. The lowest BCUT2D eigenvalue weighted by Crippen LogP contribution is -2.39. The molecule has 3 aromatic rings. The fourth-order valence-electron chi connectivity index (χ4n) is 4.49. The maximum atomic E-state index is 12.2. The van der Waals surface area contributed by atoms with Crippen molar-refractivity contribution in [2.75, 3.05) is 24.2 Å². The van der Waals surface area contributed by atoms with Gasteiger partial charge in [-0.15, -0.1) is 0 Å². The van der Waals surface area contributed by atoms with Gasteiger partial charge in [-0.2, -0.15) is 10.4 Å². The maximum Gasteiger partial charge on any atom is 0.227 e. The van der Waals surface area contributed by atoms with Gasteiger partial charge in [-0.3, -0.25) is 4.68 Å². The van der Waals surface area contributed by atoms with Crippen LogP contribution in [0.4, 0.5) is 11.6 Å². The molecule has 4 rings (SSSR count). The Labute approximate surface area is 206 Å². The molecule has 1 aliphatic rings. The normalized spacial score (nSPS) is 16.0. The van der Waals surface area contributed by atoms with Gasteiger partial charge in [-0.05, 0) is 56.7 Å². The Morgan fingerprint density at radius 1 is 1.20 bits per heavy atom. The van der Waals surface area contributed by atoms with Crippen LogP contribution in [0.2, 0.25) is 0 Å². The molecule has 3 heterocycles. The van der Waals surface area contributed by atoms with Crippen LogP contribution in [0, 0.1) is 24.2 Å². The van der Waals surface area contributed by atoms with Crippen molar-refractivity contribution in [3.63, 3.8) is 0 Å². The molecule has 10 heteroatoms. The Morgan fingerprint density at radius 3 is 2.63 bits per heavy atom.